The van der Waals surface area contributed by atoms with Gasteiger partial charge in [-0.05, 0) is 43.4 Å². The van der Waals surface area contributed by atoms with Gasteiger partial charge >= 0.3 is 0 Å². The van der Waals surface area contributed by atoms with Crippen LogP contribution in [0.15, 0.2) is 0 Å². The number of hydrogen-bond acceptors (Lipinski definition) is 2. The summed E-state index contributed by atoms with van der Waals surface area (Å²) in [5.74, 6) is 0. The van der Waals surface area contributed by atoms with Crippen molar-refractivity contribution in [2.45, 2.75) is 83.5 Å². The van der Waals surface area contributed by atoms with Gasteiger partial charge in [0.25, 0.3) is 0 Å². The van der Waals surface area contributed by atoms with Crippen LogP contribution in [0.4, 0.5) is 0 Å². The van der Waals surface area contributed by atoms with Gasteiger partial charge in [-0.1, -0.05) is 27.2 Å². The predicted molar refractivity (Wildman–Crippen MR) is 67.8 cm³/mol. The minimum atomic E-state index is -0.523. The molecular formula is C15H26O2. The monoisotopic (exact) mass is 238 g/mol. The van der Waals surface area contributed by atoms with E-state index >= 15 is 0 Å². The van der Waals surface area contributed by atoms with Crippen LogP contribution in [0, 0.1) is 10.8 Å². The lowest BCUT2D eigenvalue weighted by molar-refractivity contribution is -0.0495. The van der Waals surface area contributed by atoms with Crippen LogP contribution in [0.3, 0.4) is 0 Å². The van der Waals surface area contributed by atoms with E-state index < -0.39 is 5.60 Å². The smallest absolute Gasteiger partial charge is 0.105 e. The summed E-state index contributed by atoms with van der Waals surface area (Å²) in [5.41, 5.74) is 0.0777. The summed E-state index contributed by atoms with van der Waals surface area (Å²) in [6.45, 7) is 9.11. The third-order valence-electron chi connectivity index (χ3n) is 6.00. The van der Waals surface area contributed by atoms with Gasteiger partial charge in [0.05, 0.1) is 11.7 Å². The van der Waals surface area contributed by atoms with E-state index in [2.05, 4.69) is 20.8 Å². The molecule has 1 N–H and O–H groups in total. The Kier molecular flexibility index (Phi) is 2.17. The van der Waals surface area contributed by atoms with Crippen molar-refractivity contribution in [3.8, 4) is 0 Å². The zero-order valence-electron chi connectivity index (χ0n) is 11.7. The van der Waals surface area contributed by atoms with Crippen molar-refractivity contribution in [1.82, 2.24) is 0 Å². The Morgan fingerprint density at radius 2 is 1.71 bits per heavy atom. The van der Waals surface area contributed by atoms with Gasteiger partial charge in [0.1, 0.15) is 5.60 Å². The SMILES string of the molecule is CC1(O)CCC2(C)CCCC(C)(C)C23OC3C1. The third kappa shape index (κ3) is 1.40. The van der Waals surface area contributed by atoms with Crippen LogP contribution in [0.5, 0.6) is 0 Å². The molecule has 17 heavy (non-hydrogen) atoms. The molecular weight excluding hydrogens is 212 g/mol. The molecule has 2 aliphatic carbocycles. The average molecular weight is 238 g/mol. The molecule has 3 aliphatic rings. The molecule has 0 aromatic rings. The Bertz CT molecular complexity index is 347. The quantitative estimate of drug-likeness (QED) is 0.657. The van der Waals surface area contributed by atoms with E-state index in [0.29, 0.717) is 6.10 Å². The minimum absolute atomic E-state index is 0.0543. The van der Waals surface area contributed by atoms with Gasteiger partial charge in [0.2, 0.25) is 0 Å². The largest absolute Gasteiger partial charge is 0.390 e. The highest BCUT2D eigenvalue weighted by molar-refractivity contribution is 5.23. The fourth-order valence-corrected chi connectivity index (χ4v) is 4.97. The topological polar surface area (TPSA) is 32.8 Å². The van der Waals surface area contributed by atoms with Crippen molar-refractivity contribution < 1.29 is 9.84 Å². The molecule has 0 amide bonds. The number of aliphatic hydroxyl groups is 1. The molecule has 4 unspecified atom stereocenters. The Labute approximate surface area is 105 Å². The molecule has 98 valence electrons. The van der Waals surface area contributed by atoms with Crippen molar-refractivity contribution in [3.05, 3.63) is 0 Å². The van der Waals surface area contributed by atoms with Crippen LogP contribution in [0.25, 0.3) is 0 Å². The van der Waals surface area contributed by atoms with Crippen LogP contribution < -0.4 is 0 Å². The van der Waals surface area contributed by atoms with E-state index in [9.17, 15) is 5.11 Å². The van der Waals surface area contributed by atoms with Crippen molar-refractivity contribution in [1.29, 1.82) is 0 Å². The molecule has 4 atom stereocenters. The van der Waals surface area contributed by atoms with Crippen LogP contribution in [-0.2, 0) is 4.74 Å². The molecule has 0 radical (unpaired) electrons. The minimum Gasteiger partial charge on any atom is -0.390 e. The van der Waals surface area contributed by atoms with Gasteiger partial charge in [-0.25, -0.2) is 0 Å². The molecule has 2 saturated carbocycles. The second-order valence-electron chi connectivity index (χ2n) is 7.84. The van der Waals surface area contributed by atoms with Crippen LogP contribution in [-0.4, -0.2) is 22.4 Å². The summed E-state index contributed by atoms with van der Waals surface area (Å²) in [7, 11) is 0. The molecule has 3 fully saturated rings. The molecule has 2 nitrogen and oxygen atoms in total. The van der Waals surface area contributed by atoms with E-state index in [1.54, 1.807) is 0 Å². The van der Waals surface area contributed by atoms with Crippen molar-refractivity contribution >= 4 is 0 Å². The fraction of sp³-hybridized carbons (Fsp3) is 1.00. The Morgan fingerprint density at radius 1 is 1.00 bits per heavy atom. The highest BCUT2D eigenvalue weighted by Crippen LogP contribution is 2.70. The Hall–Kier alpha value is -0.0800. The number of epoxide rings is 1. The zero-order chi connectivity index (χ0) is 12.5. The normalized spacial score (nSPS) is 56.6. The van der Waals surface area contributed by atoms with Gasteiger partial charge in [-0.15, -0.1) is 0 Å². The highest BCUT2D eigenvalue weighted by atomic mass is 16.6. The molecule has 0 aromatic carbocycles. The van der Waals surface area contributed by atoms with Crippen LogP contribution in [0.1, 0.15) is 66.2 Å². The lowest BCUT2D eigenvalue weighted by atomic mass is 9.54. The number of hydrogen-bond donors (Lipinski definition) is 1. The number of rotatable bonds is 0. The summed E-state index contributed by atoms with van der Waals surface area (Å²) < 4.78 is 6.24. The second kappa shape index (κ2) is 3.08. The molecule has 0 bridgehead atoms. The van der Waals surface area contributed by atoms with Gasteiger partial charge < -0.3 is 9.84 Å². The van der Waals surface area contributed by atoms with Crippen LogP contribution in [0.2, 0.25) is 0 Å². The summed E-state index contributed by atoms with van der Waals surface area (Å²) in [6.07, 6.45) is 7.00. The van der Waals surface area contributed by atoms with Crippen molar-refractivity contribution in [2.24, 2.45) is 10.8 Å². The Balaban J connectivity index is 2.01. The van der Waals surface area contributed by atoms with E-state index in [1.807, 2.05) is 6.92 Å². The maximum Gasteiger partial charge on any atom is 0.105 e. The predicted octanol–water partition coefficient (Wildman–Crippen LogP) is 3.28. The maximum atomic E-state index is 10.4. The second-order valence-corrected chi connectivity index (χ2v) is 7.84. The molecule has 1 heterocycles. The summed E-state index contributed by atoms with van der Waals surface area (Å²) in [4.78, 5) is 0. The van der Waals surface area contributed by atoms with E-state index in [0.717, 1.165) is 19.3 Å². The first-order valence-corrected chi connectivity index (χ1v) is 7.13. The molecule has 1 aliphatic heterocycles. The highest BCUT2D eigenvalue weighted by Gasteiger charge is 2.75. The van der Waals surface area contributed by atoms with Crippen molar-refractivity contribution in [2.75, 3.05) is 0 Å². The zero-order valence-corrected chi connectivity index (χ0v) is 11.7. The van der Waals surface area contributed by atoms with E-state index in [1.165, 1.54) is 19.3 Å². The summed E-state index contributed by atoms with van der Waals surface area (Å²) >= 11 is 0. The first kappa shape index (κ1) is 12.0. The third-order valence-corrected chi connectivity index (χ3v) is 6.00. The lowest BCUT2D eigenvalue weighted by Gasteiger charge is -2.49. The lowest BCUT2D eigenvalue weighted by Crippen LogP contribution is -2.51. The molecule has 1 spiro atoms. The molecule has 0 aromatic heterocycles. The Morgan fingerprint density at radius 3 is 2.41 bits per heavy atom. The first-order chi connectivity index (χ1) is 7.73. The number of ether oxygens (including phenoxy) is 1. The summed E-state index contributed by atoms with van der Waals surface area (Å²) in [6, 6.07) is 0. The molecule has 1 saturated heterocycles. The maximum absolute atomic E-state index is 10.4. The average Bonchev–Trinajstić information content (AvgIpc) is 2.88. The molecule has 3 rings (SSSR count). The van der Waals surface area contributed by atoms with Gasteiger partial charge in [0.15, 0.2) is 0 Å². The van der Waals surface area contributed by atoms with Gasteiger partial charge in [-0.2, -0.15) is 0 Å². The summed E-state index contributed by atoms with van der Waals surface area (Å²) in [5, 5.41) is 10.4. The van der Waals surface area contributed by atoms with Gasteiger partial charge in [0, 0.05) is 6.42 Å². The first-order valence-electron chi connectivity index (χ1n) is 7.13. The molecule has 2 heteroatoms. The van der Waals surface area contributed by atoms with Crippen LogP contribution >= 0.6 is 0 Å². The van der Waals surface area contributed by atoms with E-state index in [4.69, 9.17) is 4.74 Å². The standard InChI is InChI=1S/C15H26O2/c1-12(2)6-5-7-13(3)8-9-14(4,16)10-11-15(12,13)17-11/h11,16H,5-10H2,1-4H3. The van der Waals surface area contributed by atoms with Gasteiger partial charge in [-0.3, -0.25) is 0 Å². The fourth-order valence-electron chi connectivity index (χ4n) is 4.97. The van der Waals surface area contributed by atoms with Crippen molar-refractivity contribution in [3.63, 3.8) is 0 Å². The van der Waals surface area contributed by atoms with E-state index in [-0.39, 0.29) is 16.4 Å².